The van der Waals surface area contributed by atoms with Crippen LogP contribution in [0.25, 0.3) is 0 Å². The topological polar surface area (TPSA) is 12.0 Å². The van der Waals surface area contributed by atoms with Gasteiger partial charge in [0.05, 0.1) is 0 Å². The first-order valence-electron chi connectivity index (χ1n) is 4.61. The summed E-state index contributed by atoms with van der Waals surface area (Å²) in [5.74, 6) is 0. The summed E-state index contributed by atoms with van der Waals surface area (Å²) in [4.78, 5) is 0. The van der Waals surface area contributed by atoms with Crippen LogP contribution in [0.3, 0.4) is 0 Å². The quantitative estimate of drug-likeness (QED) is 0.626. The van der Waals surface area contributed by atoms with E-state index in [1.54, 1.807) is 0 Å². The first kappa shape index (κ1) is 9.11. The Labute approximate surface area is 74.9 Å². The van der Waals surface area contributed by atoms with Crippen molar-refractivity contribution in [3.05, 3.63) is 35.6 Å². The zero-order chi connectivity index (χ0) is 8.81. The van der Waals surface area contributed by atoms with Crippen LogP contribution in [0.4, 0.5) is 0 Å². The number of nitrogens with one attached hydrogen (secondary N) is 1. The summed E-state index contributed by atoms with van der Waals surface area (Å²) in [6.45, 7) is 5.35. The minimum atomic E-state index is 1.05. The normalized spacial score (nSPS) is 20.8. The van der Waals surface area contributed by atoms with Gasteiger partial charge in [0.1, 0.15) is 0 Å². The average Bonchev–Trinajstić information content (AvgIpc) is 2.16. The van der Waals surface area contributed by atoms with Crippen LogP contribution in [0.1, 0.15) is 26.7 Å². The summed E-state index contributed by atoms with van der Waals surface area (Å²) in [6.07, 6.45) is 11.0. The van der Waals surface area contributed by atoms with E-state index in [2.05, 4.69) is 43.5 Å². The van der Waals surface area contributed by atoms with Crippen molar-refractivity contribution in [2.75, 3.05) is 6.54 Å². The highest BCUT2D eigenvalue weighted by Crippen LogP contribution is 2.07. The fraction of sp³-hybridized carbons (Fsp3) is 0.455. The van der Waals surface area contributed by atoms with Crippen molar-refractivity contribution in [1.82, 2.24) is 5.32 Å². The molecule has 0 saturated carbocycles. The molecule has 1 heteroatoms. The van der Waals surface area contributed by atoms with E-state index in [0.29, 0.717) is 0 Å². The number of hydrogen-bond acceptors (Lipinski definition) is 1. The van der Waals surface area contributed by atoms with Crippen molar-refractivity contribution in [1.29, 1.82) is 0 Å². The molecule has 0 aliphatic carbocycles. The molecule has 1 rings (SSSR count). The van der Waals surface area contributed by atoms with E-state index in [4.69, 9.17) is 0 Å². The molecule has 12 heavy (non-hydrogen) atoms. The first-order chi connectivity index (χ1) is 5.83. The van der Waals surface area contributed by atoms with Crippen molar-refractivity contribution in [2.45, 2.75) is 26.7 Å². The van der Waals surface area contributed by atoms with Gasteiger partial charge in [-0.15, -0.1) is 0 Å². The Balaban J connectivity index is 2.76. The third-order valence-electron chi connectivity index (χ3n) is 1.97. The van der Waals surface area contributed by atoms with Crippen molar-refractivity contribution < 1.29 is 0 Å². The van der Waals surface area contributed by atoms with Crippen LogP contribution in [0.15, 0.2) is 35.6 Å². The molecule has 0 amide bonds. The molecular formula is C11H17N. The fourth-order valence-electron chi connectivity index (χ4n) is 1.24. The van der Waals surface area contributed by atoms with Crippen LogP contribution in [0, 0.1) is 0 Å². The zero-order valence-electron chi connectivity index (χ0n) is 7.93. The van der Waals surface area contributed by atoms with Gasteiger partial charge in [0.2, 0.25) is 0 Å². The summed E-state index contributed by atoms with van der Waals surface area (Å²) >= 11 is 0. The van der Waals surface area contributed by atoms with Crippen molar-refractivity contribution >= 4 is 0 Å². The van der Waals surface area contributed by atoms with E-state index in [0.717, 1.165) is 19.4 Å². The van der Waals surface area contributed by atoms with E-state index in [1.807, 2.05) is 0 Å². The van der Waals surface area contributed by atoms with Gasteiger partial charge in [-0.3, -0.25) is 0 Å². The predicted molar refractivity (Wildman–Crippen MR) is 53.9 cm³/mol. The maximum absolute atomic E-state index is 3.36. The molecule has 1 heterocycles. The maximum atomic E-state index is 3.36. The second-order valence-corrected chi connectivity index (χ2v) is 3.07. The minimum Gasteiger partial charge on any atom is -0.388 e. The molecule has 0 bridgehead atoms. The molecular weight excluding hydrogens is 146 g/mol. The van der Waals surface area contributed by atoms with Crippen LogP contribution in [0.2, 0.25) is 0 Å². The standard InChI is InChI=1S/C11H17N/c1-3-11-7-5-4-6-8-12-10(2)9-11/h4-5,7,9,12H,3,6,8H2,1-2H3/b5-4+,10-9?,11-7?. The highest BCUT2D eigenvalue weighted by atomic mass is 14.9. The largest absolute Gasteiger partial charge is 0.388 e. The molecule has 1 N–H and O–H groups in total. The second-order valence-electron chi connectivity index (χ2n) is 3.07. The Kier molecular flexibility index (Phi) is 3.65. The Morgan fingerprint density at radius 3 is 3.08 bits per heavy atom. The van der Waals surface area contributed by atoms with Gasteiger partial charge in [0.25, 0.3) is 0 Å². The molecule has 1 nitrogen and oxygen atoms in total. The first-order valence-corrected chi connectivity index (χ1v) is 4.61. The zero-order valence-corrected chi connectivity index (χ0v) is 7.93. The maximum Gasteiger partial charge on any atom is 0.0178 e. The average molecular weight is 163 g/mol. The Morgan fingerprint density at radius 1 is 1.50 bits per heavy atom. The Hall–Kier alpha value is -0.980. The van der Waals surface area contributed by atoms with Crippen LogP contribution in [-0.4, -0.2) is 6.54 Å². The third kappa shape index (κ3) is 2.95. The van der Waals surface area contributed by atoms with E-state index in [1.165, 1.54) is 11.3 Å². The summed E-state index contributed by atoms with van der Waals surface area (Å²) in [5, 5.41) is 3.36. The highest BCUT2D eigenvalue weighted by Gasteiger charge is 1.92. The lowest BCUT2D eigenvalue weighted by molar-refractivity contribution is 0.802. The van der Waals surface area contributed by atoms with Gasteiger partial charge < -0.3 is 5.32 Å². The molecule has 0 spiro atoms. The summed E-state index contributed by atoms with van der Waals surface area (Å²) in [6, 6.07) is 0. The second kappa shape index (κ2) is 4.81. The number of allylic oxidation sites excluding steroid dienone is 5. The molecule has 66 valence electrons. The number of hydrogen-bond donors (Lipinski definition) is 1. The van der Waals surface area contributed by atoms with Crippen LogP contribution < -0.4 is 5.32 Å². The van der Waals surface area contributed by atoms with Crippen LogP contribution in [0.5, 0.6) is 0 Å². The Morgan fingerprint density at radius 2 is 2.33 bits per heavy atom. The lowest BCUT2D eigenvalue weighted by Crippen LogP contribution is -2.11. The SMILES string of the molecule is CCC1=C/C=C/CCNC(C)=C1. The highest BCUT2D eigenvalue weighted by molar-refractivity contribution is 5.26. The lowest BCUT2D eigenvalue weighted by Gasteiger charge is -2.04. The molecule has 0 aromatic rings. The predicted octanol–water partition coefficient (Wildman–Crippen LogP) is 2.78. The number of rotatable bonds is 1. The Bertz CT molecular complexity index is 218. The van der Waals surface area contributed by atoms with Crippen LogP contribution >= 0.6 is 0 Å². The summed E-state index contributed by atoms with van der Waals surface area (Å²) in [5.41, 5.74) is 2.66. The molecule has 0 aromatic heterocycles. The van der Waals surface area contributed by atoms with Gasteiger partial charge in [-0.1, -0.05) is 25.2 Å². The van der Waals surface area contributed by atoms with Gasteiger partial charge in [-0.2, -0.15) is 0 Å². The van der Waals surface area contributed by atoms with E-state index < -0.39 is 0 Å². The molecule has 0 atom stereocenters. The van der Waals surface area contributed by atoms with Gasteiger partial charge in [0, 0.05) is 12.2 Å². The van der Waals surface area contributed by atoms with E-state index in [9.17, 15) is 0 Å². The summed E-state index contributed by atoms with van der Waals surface area (Å²) in [7, 11) is 0. The fourth-order valence-corrected chi connectivity index (χ4v) is 1.24. The minimum absolute atomic E-state index is 1.05. The van der Waals surface area contributed by atoms with Gasteiger partial charge in [-0.05, 0) is 31.4 Å². The molecule has 0 fully saturated rings. The molecule has 0 aromatic carbocycles. The monoisotopic (exact) mass is 163 g/mol. The molecule has 0 saturated heterocycles. The van der Waals surface area contributed by atoms with Gasteiger partial charge in [-0.25, -0.2) is 0 Å². The molecule has 0 unspecified atom stereocenters. The summed E-state index contributed by atoms with van der Waals surface area (Å²) < 4.78 is 0. The molecule has 0 radical (unpaired) electrons. The van der Waals surface area contributed by atoms with E-state index in [-0.39, 0.29) is 0 Å². The molecule has 1 aliphatic rings. The van der Waals surface area contributed by atoms with Crippen LogP contribution in [-0.2, 0) is 0 Å². The van der Waals surface area contributed by atoms with Gasteiger partial charge >= 0.3 is 0 Å². The van der Waals surface area contributed by atoms with Gasteiger partial charge in [0.15, 0.2) is 0 Å². The van der Waals surface area contributed by atoms with Crippen molar-refractivity contribution in [3.8, 4) is 0 Å². The smallest absolute Gasteiger partial charge is 0.0178 e. The third-order valence-corrected chi connectivity index (χ3v) is 1.97. The van der Waals surface area contributed by atoms with E-state index >= 15 is 0 Å². The van der Waals surface area contributed by atoms with Crippen molar-refractivity contribution in [2.24, 2.45) is 0 Å². The van der Waals surface area contributed by atoms with Crippen molar-refractivity contribution in [3.63, 3.8) is 0 Å². The molecule has 1 aliphatic heterocycles. The lowest BCUT2D eigenvalue weighted by atomic mass is 10.1.